The van der Waals surface area contributed by atoms with E-state index in [1.54, 1.807) is 67.1 Å². The smallest absolute Gasteiger partial charge is 0.265 e. The van der Waals surface area contributed by atoms with E-state index < -0.39 is 15.9 Å². The maximum Gasteiger partial charge on any atom is 0.265 e. The standard InChI is InChI=1S/C26H22N4O3S/c1-17-7-9-22(10-8-17)34(32,33)30-16-24(25(31)18-4-2-6-21(27)12-18)23-13-20(15-29-26(23)30)19-5-3-11-28-14-19/h2-15,24H,16,27H2,1H3. The molecule has 2 aromatic heterocycles. The molecule has 34 heavy (non-hydrogen) atoms. The zero-order chi connectivity index (χ0) is 23.9. The molecule has 4 aromatic rings. The van der Waals surface area contributed by atoms with Crippen molar-refractivity contribution >= 4 is 27.3 Å². The van der Waals surface area contributed by atoms with Crippen LogP contribution in [0.2, 0.25) is 0 Å². The fourth-order valence-corrected chi connectivity index (χ4v) is 5.61. The minimum absolute atomic E-state index is 0.0390. The highest BCUT2D eigenvalue weighted by Crippen LogP contribution is 2.41. The molecule has 1 aliphatic heterocycles. The summed E-state index contributed by atoms with van der Waals surface area (Å²) in [6, 6.07) is 18.9. The number of aromatic nitrogens is 2. The quantitative estimate of drug-likeness (QED) is 0.346. The van der Waals surface area contributed by atoms with E-state index in [9.17, 15) is 13.2 Å². The molecule has 1 aliphatic rings. The number of hydrogen-bond acceptors (Lipinski definition) is 6. The number of carbonyl (C=O) groups is 1. The van der Waals surface area contributed by atoms with Crippen LogP contribution in [-0.2, 0) is 10.0 Å². The van der Waals surface area contributed by atoms with Crippen molar-refractivity contribution in [3.63, 3.8) is 0 Å². The molecule has 8 heteroatoms. The maximum absolute atomic E-state index is 13.6. The van der Waals surface area contributed by atoms with Gasteiger partial charge in [0.1, 0.15) is 5.82 Å². The van der Waals surface area contributed by atoms with Crippen molar-refractivity contribution in [1.82, 2.24) is 9.97 Å². The van der Waals surface area contributed by atoms with Gasteiger partial charge < -0.3 is 5.73 Å². The molecule has 0 spiro atoms. The van der Waals surface area contributed by atoms with Crippen molar-refractivity contribution in [1.29, 1.82) is 0 Å². The summed E-state index contributed by atoms with van der Waals surface area (Å²) < 4.78 is 28.4. The largest absolute Gasteiger partial charge is 0.399 e. The lowest BCUT2D eigenvalue weighted by molar-refractivity contribution is 0.0966. The minimum Gasteiger partial charge on any atom is -0.399 e. The lowest BCUT2D eigenvalue weighted by atomic mass is 9.92. The van der Waals surface area contributed by atoms with Crippen LogP contribution in [0.25, 0.3) is 11.1 Å². The van der Waals surface area contributed by atoms with Gasteiger partial charge in [0.2, 0.25) is 0 Å². The number of anilines is 2. The number of Topliss-reactive ketones (excluding diaryl/α,β-unsaturated/α-hetero) is 1. The first kappa shape index (κ1) is 21.8. The number of carbonyl (C=O) groups excluding carboxylic acids is 1. The zero-order valence-electron chi connectivity index (χ0n) is 18.4. The van der Waals surface area contributed by atoms with E-state index >= 15 is 0 Å². The molecule has 0 amide bonds. The van der Waals surface area contributed by atoms with Crippen LogP contribution in [0.1, 0.15) is 27.4 Å². The van der Waals surface area contributed by atoms with E-state index in [1.807, 2.05) is 25.1 Å². The van der Waals surface area contributed by atoms with Crippen LogP contribution in [0.15, 0.2) is 90.2 Å². The normalized spacial score (nSPS) is 15.2. The average molecular weight is 471 g/mol. The Morgan fingerprint density at radius 3 is 2.50 bits per heavy atom. The minimum atomic E-state index is -3.92. The summed E-state index contributed by atoms with van der Waals surface area (Å²) in [4.78, 5) is 22.4. The number of nitrogens with zero attached hydrogens (tertiary/aromatic N) is 3. The number of pyridine rings is 2. The number of benzene rings is 2. The number of sulfonamides is 1. The van der Waals surface area contributed by atoms with Gasteiger partial charge in [0.05, 0.1) is 17.4 Å². The monoisotopic (exact) mass is 470 g/mol. The van der Waals surface area contributed by atoms with Gasteiger partial charge in [-0.3, -0.25) is 9.78 Å². The summed E-state index contributed by atoms with van der Waals surface area (Å²) in [5.74, 6) is -0.670. The van der Waals surface area contributed by atoms with Crippen LogP contribution in [0, 0.1) is 6.92 Å². The molecule has 0 radical (unpaired) electrons. The highest BCUT2D eigenvalue weighted by Gasteiger charge is 2.41. The third-order valence-electron chi connectivity index (χ3n) is 5.95. The van der Waals surface area contributed by atoms with E-state index in [0.29, 0.717) is 16.8 Å². The van der Waals surface area contributed by atoms with E-state index in [-0.39, 0.29) is 23.0 Å². The fourth-order valence-electron chi connectivity index (χ4n) is 4.15. The van der Waals surface area contributed by atoms with Crippen molar-refractivity contribution in [2.45, 2.75) is 17.7 Å². The average Bonchev–Trinajstić information content (AvgIpc) is 3.24. The second kappa shape index (κ2) is 8.39. The van der Waals surface area contributed by atoms with Crippen LogP contribution in [0.5, 0.6) is 0 Å². The number of hydrogen-bond donors (Lipinski definition) is 1. The number of aryl methyl sites for hydroxylation is 1. The molecular formula is C26H22N4O3S. The summed E-state index contributed by atoms with van der Waals surface area (Å²) in [6.45, 7) is 1.85. The van der Waals surface area contributed by atoms with E-state index in [0.717, 1.165) is 16.7 Å². The Kier molecular flexibility index (Phi) is 5.37. The molecule has 0 saturated carbocycles. The molecule has 7 nitrogen and oxygen atoms in total. The molecule has 0 aliphatic carbocycles. The molecule has 0 bridgehead atoms. The molecule has 3 heterocycles. The highest BCUT2D eigenvalue weighted by molar-refractivity contribution is 7.92. The molecule has 5 rings (SSSR count). The Morgan fingerprint density at radius 1 is 1.00 bits per heavy atom. The molecule has 2 N–H and O–H groups in total. The van der Waals surface area contributed by atoms with Gasteiger partial charge >= 0.3 is 0 Å². The Morgan fingerprint density at radius 2 is 1.79 bits per heavy atom. The SMILES string of the molecule is Cc1ccc(S(=O)(=O)N2CC(C(=O)c3cccc(N)c3)c3cc(-c4cccnc4)cnc32)cc1. The van der Waals surface area contributed by atoms with Crippen LogP contribution in [0.3, 0.4) is 0 Å². The van der Waals surface area contributed by atoms with Gasteiger partial charge in [-0.15, -0.1) is 0 Å². The van der Waals surface area contributed by atoms with Gasteiger partial charge in [0, 0.05) is 46.5 Å². The summed E-state index contributed by atoms with van der Waals surface area (Å²) in [5, 5.41) is 0. The van der Waals surface area contributed by atoms with Crippen molar-refractivity contribution in [2.24, 2.45) is 0 Å². The number of fused-ring (bicyclic) bond motifs is 1. The fraction of sp³-hybridized carbons (Fsp3) is 0.115. The Labute approximate surface area is 198 Å². The summed E-state index contributed by atoms with van der Waals surface area (Å²) in [7, 11) is -3.92. The molecule has 1 unspecified atom stereocenters. The van der Waals surface area contributed by atoms with Gasteiger partial charge in [-0.1, -0.05) is 35.9 Å². The van der Waals surface area contributed by atoms with E-state index in [4.69, 9.17) is 5.73 Å². The van der Waals surface area contributed by atoms with Crippen LogP contribution in [0.4, 0.5) is 11.5 Å². The van der Waals surface area contributed by atoms with Crippen molar-refractivity contribution in [3.8, 4) is 11.1 Å². The first-order valence-corrected chi connectivity index (χ1v) is 12.2. The summed E-state index contributed by atoms with van der Waals surface area (Å²) in [5.41, 5.74) is 9.89. The molecule has 0 saturated heterocycles. The molecule has 170 valence electrons. The lowest BCUT2D eigenvalue weighted by Crippen LogP contribution is -2.31. The summed E-state index contributed by atoms with van der Waals surface area (Å²) in [6.07, 6.45) is 4.99. The van der Waals surface area contributed by atoms with Gasteiger partial charge in [0.15, 0.2) is 5.78 Å². The topological polar surface area (TPSA) is 106 Å². The van der Waals surface area contributed by atoms with Gasteiger partial charge in [-0.2, -0.15) is 0 Å². The number of nitrogen functional groups attached to an aromatic ring is 1. The first-order valence-electron chi connectivity index (χ1n) is 10.7. The second-order valence-corrected chi connectivity index (χ2v) is 10.1. The van der Waals surface area contributed by atoms with Crippen molar-refractivity contribution < 1.29 is 13.2 Å². The third-order valence-corrected chi connectivity index (χ3v) is 7.72. The van der Waals surface area contributed by atoms with Gasteiger partial charge in [0.25, 0.3) is 10.0 Å². The predicted molar refractivity (Wildman–Crippen MR) is 131 cm³/mol. The van der Waals surface area contributed by atoms with Crippen LogP contribution >= 0.6 is 0 Å². The van der Waals surface area contributed by atoms with E-state index in [1.165, 1.54) is 4.31 Å². The Hall–Kier alpha value is -4.04. The molecule has 1 atom stereocenters. The van der Waals surface area contributed by atoms with Crippen molar-refractivity contribution in [3.05, 3.63) is 102 Å². The molecule has 0 fully saturated rings. The Bertz CT molecular complexity index is 1490. The van der Waals surface area contributed by atoms with Gasteiger partial charge in [-0.05, 0) is 43.3 Å². The first-order chi connectivity index (χ1) is 16.3. The zero-order valence-corrected chi connectivity index (χ0v) is 19.2. The number of nitrogens with two attached hydrogens (primary N) is 1. The lowest BCUT2D eigenvalue weighted by Gasteiger charge is -2.19. The second-order valence-electron chi connectivity index (χ2n) is 8.27. The van der Waals surface area contributed by atoms with Crippen molar-refractivity contribution in [2.75, 3.05) is 16.6 Å². The summed E-state index contributed by atoms with van der Waals surface area (Å²) >= 11 is 0. The van der Waals surface area contributed by atoms with E-state index in [2.05, 4.69) is 9.97 Å². The highest BCUT2D eigenvalue weighted by atomic mass is 32.2. The van der Waals surface area contributed by atoms with Crippen LogP contribution in [-0.4, -0.2) is 30.7 Å². The van der Waals surface area contributed by atoms with Crippen LogP contribution < -0.4 is 10.0 Å². The maximum atomic E-state index is 13.6. The number of rotatable bonds is 5. The number of ketones is 1. The third kappa shape index (κ3) is 3.82. The van der Waals surface area contributed by atoms with Gasteiger partial charge in [-0.25, -0.2) is 17.7 Å². The molecular weight excluding hydrogens is 448 g/mol. The molecule has 2 aromatic carbocycles. The Balaban J connectivity index is 1.63. The predicted octanol–water partition coefficient (Wildman–Crippen LogP) is 4.21.